The minimum atomic E-state index is -0.0169. The molecular formula is C14H22N2O. The molecule has 1 rings (SSSR count). The van der Waals surface area contributed by atoms with E-state index >= 15 is 0 Å². The zero-order valence-corrected chi connectivity index (χ0v) is 11.1. The molecule has 0 aromatic heterocycles. The topological polar surface area (TPSA) is 41.1 Å². The van der Waals surface area contributed by atoms with E-state index in [1.54, 1.807) is 0 Å². The molecule has 0 aliphatic rings. The predicted octanol–water partition coefficient (Wildman–Crippen LogP) is 1.93. The lowest BCUT2D eigenvalue weighted by atomic mass is 9.83. The summed E-state index contributed by atoms with van der Waals surface area (Å²) in [5.41, 5.74) is 1.84. The van der Waals surface area contributed by atoms with Crippen molar-refractivity contribution in [3.8, 4) is 0 Å². The van der Waals surface area contributed by atoms with Gasteiger partial charge in [-0.25, -0.2) is 0 Å². The van der Waals surface area contributed by atoms with Gasteiger partial charge in [0, 0.05) is 18.7 Å². The van der Waals surface area contributed by atoms with Gasteiger partial charge in [-0.3, -0.25) is 4.79 Å². The second-order valence-corrected chi connectivity index (χ2v) is 5.16. The number of benzene rings is 1. The maximum atomic E-state index is 12.0. The molecule has 0 spiro atoms. The quantitative estimate of drug-likeness (QED) is 0.782. The van der Waals surface area contributed by atoms with Crippen molar-refractivity contribution >= 4 is 5.91 Å². The lowest BCUT2D eigenvalue weighted by molar-refractivity contribution is 0.0952. The molecule has 0 aliphatic heterocycles. The summed E-state index contributed by atoms with van der Waals surface area (Å²) < 4.78 is 0. The number of amides is 1. The first kappa shape index (κ1) is 13.7. The van der Waals surface area contributed by atoms with Crippen molar-refractivity contribution in [1.82, 2.24) is 10.6 Å². The van der Waals surface area contributed by atoms with Crippen molar-refractivity contribution in [3.05, 3.63) is 35.4 Å². The van der Waals surface area contributed by atoms with E-state index in [0.717, 1.165) is 17.7 Å². The van der Waals surface area contributed by atoms with Gasteiger partial charge in [-0.1, -0.05) is 39.0 Å². The van der Waals surface area contributed by atoms with E-state index in [4.69, 9.17) is 0 Å². The maximum Gasteiger partial charge on any atom is 0.251 e. The standard InChI is InChI=1S/C14H22N2O/c1-14(2,3)12-8-6-5-7-11(12)13(17)16-10-9-15-4/h5-8,15H,9-10H2,1-4H3,(H,16,17). The Bertz CT molecular complexity index is 380. The van der Waals surface area contributed by atoms with Gasteiger partial charge < -0.3 is 10.6 Å². The Kier molecular flexibility index (Phi) is 4.70. The average Bonchev–Trinajstić information content (AvgIpc) is 2.28. The Labute approximate surface area is 104 Å². The molecule has 0 radical (unpaired) electrons. The molecule has 0 atom stereocenters. The summed E-state index contributed by atoms with van der Waals surface area (Å²) in [4.78, 5) is 12.0. The zero-order chi connectivity index (χ0) is 12.9. The van der Waals surface area contributed by atoms with Crippen molar-refractivity contribution in [1.29, 1.82) is 0 Å². The highest BCUT2D eigenvalue weighted by Crippen LogP contribution is 2.25. The second kappa shape index (κ2) is 5.82. The van der Waals surface area contributed by atoms with Crippen LogP contribution >= 0.6 is 0 Å². The van der Waals surface area contributed by atoms with Gasteiger partial charge in [0.1, 0.15) is 0 Å². The lowest BCUT2D eigenvalue weighted by Gasteiger charge is -2.22. The number of hydrogen-bond acceptors (Lipinski definition) is 2. The number of rotatable bonds is 4. The van der Waals surface area contributed by atoms with Gasteiger partial charge >= 0.3 is 0 Å². The second-order valence-electron chi connectivity index (χ2n) is 5.16. The Morgan fingerprint density at radius 2 is 1.82 bits per heavy atom. The van der Waals surface area contributed by atoms with Crippen LogP contribution in [0.4, 0.5) is 0 Å². The minimum Gasteiger partial charge on any atom is -0.351 e. The molecule has 0 fully saturated rings. The molecule has 0 unspecified atom stereocenters. The third-order valence-electron chi connectivity index (χ3n) is 2.64. The van der Waals surface area contributed by atoms with Crippen molar-refractivity contribution in [2.75, 3.05) is 20.1 Å². The Morgan fingerprint density at radius 3 is 2.41 bits per heavy atom. The van der Waals surface area contributed by atoms with Gasteiger partial charge in [-0.05, 0) is 24.1 Å². The summed E-state index contributed by atoms with van der Waals surface area (Å²) in [6.45, 7) is 7.78. The molecule has 1 aromatic carbocycles. The molecule has 0 bridgehead atoms. The molecule has 2 N–H and O–H groups in total. The summed E-state index contributed by atoms with van der Waals surface area (Å²) >= 11 is 0. The molecular weight excluding hydrogens is 212 g/mol. The third-order valence-corrected chi connectivity index (χ3v) is 2.64. The van der Waals surface area contributed by atoms with E-state index in [0.29, 0.717) is 6.54 Å². The fraction of sp³-hybridized carbons (Fsp3) is 0.500. The fourth-order valence-electron chi connectivity index (χ4n) is 1.73. The van der Waals surface area contributed by atoms with Crippen LogP contribution in [0.2, 0.25) is 0 Å². The third kappa shape index (κ3) is 3.86. The number of likely N-dealkylation sites (N-methyl/N-ethyl adjacent to an activating group) is 1. The van der Waals surface area contributed by atoms with Gasteiger partial charge in [-0.2, -0.15) is 0 Å². The van der Waals surface area contributed by atoms with Gasteiger partial charge in [0.15, 0.2) is 0 Å². The molecule has 1 aromatic rings. The largest absolute Gasteiger partial charge is 0.351 e. The van der Waals surface area contributed by atoms with Crippen LogP contribution < -0.4 is 10.6 Å². The first-order valence-corrected chi connectivity index (χ1v) is 5.99. The van der Waals surface area contributed by atoms with Crippen LogP contribution in [0, 0.1) is 0 Å². The highest BCUT2D eigenvalue weighted by molar-refractivity contribution is 5.96. The van der Waals surface area contributed by atoms with E-state index in [9.17, 15) is 4.79 Å². The minimum absolute atomic E-state index is 0.00535. The van der Waals surface area contributed by atoms with Crippen LogP contribution in [0.5, 0.6) is 0 Å². The van der Waals surface area contributed by atoms with Gasteiger partial charge in [-0.15, -0.1) is 0 Å². The van der Waals surface area contributed by atoms with Crippen LogP contribution in [0.3, 0.4) is 0 Å². The average molecular weight is 234 g/mol. The van der Waals surface area contributed by atoms with Crippen molar-refractivity contribution < 1.29 is 4.79 Å². The van der Waals surface area contributed by atoms with Crippen LogP contribution in [0.1, 0.15) is 36.7 Å². The van der Waals surface area contributed by atoms with Crippen molar-refractivity contribution in [2.24, 2.45) is 0 Å². The molecule has 0 heterocycles. The van der Waals surface area contributed by atoms with E-state index in [1.165, 1.54) is 0 Å². The summed E-state index contributed by atoms with van der Waals surface area (Å²) in [6.07, 6.45) is 0. The number of carbonyl (C=O) groups excluding carboxylic acids is 1. The van der Waals surface area contributed by atoms with Crippen LogP contribution in [0.25, 0.3) is 0 Å². The van der Waals surface area contributed by atoms with Crippen molar-refractivity contribution in [2.45, 2.75) is 26.2 Å². The molecule has 1 amide bonds. The number of nitrogens with one attached hydrogen (secondary N) is 2. The summed E-state index contributed by atoms with van der Waals surface area (Å²) in [5, 5.41) is 5.92. The van der Waals surface area contributed by atoms with Gasteiger partial charge in [0.2, 0.25) is 0 Å². The fourth-order valence-corrected chi connectivity index (χ4v) is 1.73. The van der Waals surface area contributed by atoms with E-state index < -0.39 is 0 Å². The summed E-state index contributed by atoms with van der Waals surface area (Å²) in [5.74, 6) is 0.00535. The molecule has 17 heavy (non-hydrogen) atoms. The molecule has 3 heteroatoms. The number of carbonyl (C=O) groups is 1. The zero-order valence-electron chi connectivity index (χ0n) is 11.1. The highest BCUT2D eigenvalue weighted by atomic mass is 16.1. The van der Waals surface area contributed by atoms with Crippen LogP contribution in [-0.4, -0.2) is 26.0 Å². The monoisotopic (exact) mass is 234 g/mol. The van der Waals surface area contributed by atoms with Crippen LogP contribution in [0.15, 0.2) is 24.3 Å². The highest BCUT2D eigenvalue weighted by Gasteiger charge is 2.20. The van der Waals surface area contributed by atoms with E-state index in [-0.39, 0.29) is 11.3 Å². The van der Waals surface area contributed by atoms with Crippen LogP contribution in [-0.2, 0) is 5.41 Å². The Morgan fingerprint density at radius 1 is 1.18 bits per heavy atom. The SMILES string of the molecule is CNCCNC(=O)c1ccccc1C(C)(C)C. The molecule has 0 saturated heterocycles. The van der Waals surface area contributed by atoms with E-state index in [2.05, 4.69) is 31.4 Å². The van der Waals surface area contributed by atoms with Crippen molar-refractivity contribution in [3.63, 3.8) is 0 Å². The Balaban J connectivity index is 2.86. The molecule has 3 nitrogen and oxygen atoms in total. The lowest BCUT2D eigenvalue weighted by Crippen LogP contribution is -2.32. The molecule has 0 saturated carbocycles. The summed E-state index contributed by atoms with van der Waals surface area (Å²) in [6, 6.07) is 7.79. The van der Waals surface area contributed by atoms with E-state index in [1.807, 2.05) is 31.3 Å². The Hall–Kier alpha value is -1.35. The van der Waals surface area contributed by atoms with Gasteiger partial charge in [0.25, 0.3) is 5.91 Å². The summed E-state index contributed by atoms with van der Waals surface area (Å²) in [7, 11) is 1.87. The normalized spacial score (nSPS) is 11.3. The predicted molar refractivity (Wildman–Crippen MR) is 71.4 cm³/mol. The molecule has 0 aliphatic carbocycles. The van der Waals surface area contributed by atoms with Gasteiger partial charge in [0.05, 0.1) is 0 Å². The maximum absolute atomic E-state index is 12.0. The first-order valence-electron chi connectivity index (χ1n) is 5.99. The smallest absolute Gasteiger partial charge is 0.251 e. The molecule has 94 valence electrons. The first-order chi connectivity index (χ1) is 7.96. The number of hydrogen-bond donors (Lipinski definition) is 2.